The van der Waals surface area contributed by atoms with Gasteiger partial charge in [0.15, 0.2) is 0 Å². The fourth-order valence-electron chi connectivity index (χ4n) is 3.19. The number of benzene rings is 1. The highest BCUT2D eigenvalue weighted by Crippen LogP contribution is 2.26. The molecule has 1 unspecified atom stereocenters. The average Bonchev–Trinajstić information content (AvgIpc) is 3.28. The zero-order valence-electron chi connectivity index (χ0n) is 13.2. The van der Waals surface area contributed by atoms with E-state index in [2.05, 4.69) is 4.98 Å². The van der Waals surface area contributed by atoms with Gasteiger partial charge in [0.1, 0.15) is 11.7 Å². The van der Waals surface area contributed by atoms with Gasteiger partial charge in [-0.05, 0) is 12.1 Å². The predicted molar refractivity (Wildman–Crippen MR) is 99.5 cm³/mol. The Labute approximate surface area is 149 Å². The minimum Gasteiger partial charge on any atom is -0.351 e. The summed E-state index contributed by atoms with van der Waals surface area (Å²) >= 11 is 3.53. The molecule has 2 aromatic rings. The summed E-state index contributed by atoms with van der Waals surface area (Å²) in [6.07, 6.45) is 0. The van der Waals surface area contributed by atoms with Crippen molar-refractivity contribution in [3.63, 3.8) is 0 Å². The average molecular weight is 361 g/mol. The van der Waals surface area contributed by atoms with E-state index in [9.17, 15) is 9.59 Å². The fraction of sp³-hybridized carbons (Fsp3) is 0.412. The van der Waals surface area contributed by atoms with E-state index in [4.69, 9.17) is 0 Å². The van der Waals surface area contributed by atoms with Crippen molar-refractivity contribution in [3.8, 4) is 0 Å². The van der Waals surface area contributed by atoms with E-state index in [1.807, 2.05) is 47.0 Å². The Morgan fingerprint density at radius 3 is 2.71 bits per heavy atom. The quantitative estimate of drug-likeness (QED) is 0.891. The Kier molecular flexibility index (Phi) is 4.45. The van der Waals surface area contributed by atoms with Gasteiger partial charge in [-0.2, -0.15) is 11.8 Å². The number of para-hydroxylation sites is 1. The molecule has 1 aromatic carbocycles. The molecular formula is C17H19N3O2S2. The van der Waals surface area contributed by atoms with Crippen molar-refractivity contribution >= 4 is 46.2 Å². The van der Waals surface area contributed by atoms with Gasteiger partial charge in [-0.15, -0.1) is 11.8 Å². The van der Waals surface area contributed by atoms with E-state index < -0.39 is 0 Å². The molecule has 0 saturated carbocycles. The number of hydrogen-bond acceptors (Lipinski definition) is 4. The normalized spacial score (nSPS) is 21.4. The molecule has 2 amide bonds. The summed E-state index contributed by atoms with van der Waals surface area (Å²) in [5.74, 6) is 3.26. The first-order chi connectivity index (χ1) is 11.7. The maximum Gasteiger partial charge on any atom is 0.271 e. The van der Waals surface area contributed by atoms with Gasteiger partial charge in [-0.3, -0.25) is 9.59 Å². The van der Waals surface area contributed by atoms with Crippen LogP contribution < -0.4 is 0 Å². The molecule has 1 N–H and O–H groups in total. The fourth-order valence-corrected chi connectivity index (χ4v) is 5.23. The smallest absolute Gasteiger partial charge is 0.271 e. The molecule has 0 bridgehead atoms. The Morgan fingerprint density at radius 2 is 1.92 bits per heavy atom. The number of hydrogen-bond donors (Lipinski definition) is 1. The van der Waals surface area contributed by atoms with Crippen molar-refractivity contribution in [2.45, 2.75) is 6.04 Å². The van der Waals surface area contributed by atoms with Gasteiger partial charge in [0.25, 0.3) is 5.91 Å². The van der Waals surface area contributed by atoms with Gasteiger partial charge >= 0.3 is 0 Å². The molecule has 126 valence electrons. The van der Waals surface area contributed by atoms with Crippen molar-refractivity contribution in [1.82, 2.24) is 14.8 Å². The summed E-state index contributed by atoms with van der Waals surface area (Å²) in [5.41, 5.74) is 1.51. The molecule has 0 radical (unpaired) electrons. The highest BCUT2D eigenvalue weighted by molar-refractivity contribution is 7.99. The third-order valence-electron chi connectivity index (χ3n) is 4.51. The number of rotatable bonds is 2. The molecule has 2 saturated heterocycles. The van der Waals surface area contributed by atoms with Crippen molar-refractivity contribution in [1.29, 1.82) is 0 Å². The van der Waals surface area contributed by atoms with Crippen LogP contribution in [0.25, 0.3) is 10.9 Å². The van der Waals surface area contributed by atoms with Gasteiger partial charge in [0, 0.05) is 41.3 Å². The summed E-state index contributed by atoms with van der Waals surface area (Å²) in [7, 11) is 0. The van der Waals surface area contributed by atoms with E-state index in [0.29, 0.717) is 17.3 Å². The molecule has 3 heterocycles. The lowest BCUT2D eigenvalue weighted by Gasteiger charge is -2.31. The monoisotopic (exact) mass is 361 g/mol. The number of carbonyl (C=O) groups excluding carboxylic acids is 2. The number of amides is 2. The number of aromatic amines is 1. The first-order valence-corrected chi connectivity index (χ1v) is 10.4. The Bertz CT molecular complexity index is 737. The van der Waals surface area contributed by atoms with Crippen LogP contribution in [0.4, 0.5) is 0 Å². The summed E-state index contributed by atoms with van der Waals surface area (Å²) in [5, 5.41) is 1.02. The number of fused-ring (bicyclic) bond motifs is 1. The molecule has 1 atom stereocenters. The zero-order chi connectivity index (χ0) is 16.5. The number of nitrogens with one attached hydrogen (secondary N) is 1. The second-order valence-corrected chi connectivity index (χ2v) is 8.22. The minimum absolute atomic E-state index is 0.0825. The summed E-state index contributed by atoms with van der Waals surface area (Å²) in [4.78, 5) is 32.6. The number of H-pyrrole nitrogens is 1. The lowest BCUT2D eigenvalue weighted by molar-refractivity contribution is -0.134. The largest absolute Gasteiger partial charge is 0.351 e. The molecule has 0 aliphatic carbocycles. The first kappa shape index (κ1) is 15.9. The maximum atomic E-state index is 12.9. The van der Waals surface area contributed by atoms with Crippen molar-refractivity contribution in [3.05, 3.63) is 36.0 Å². The van der Waals surface area contributed by atoms with E-state index >= 15 is 0 Å². The van der Waals surface area contributed by atoms with Gasteiger partial charge in [-0.25, -0.2) is 0 Å². The SMILES string of the molecule is O=C(C1CSCN1C(=O)c1cc2ccccc2[nH]1)N1CCSCC1. The van der Waals surface area contributed by atoms with Crippen molar-refractivity contribution in [2.24, 2.45) is 0 Å². The van der Waals surface area contributed by atoms with Gasteiger partial charge < -0.3 is 14.8 Å². The molecule has 2 fully saturated rings. The van der Waals surface area contributed by atoms with Crippen molar-refractivity contribution in [2.75, 3.05) is 36.2 Å². The van der Waals surface area contributed by atoms with Gasteiger partial charge in [-0.1, -0.05) is 18.2 Å². The molecule has 2 aliphatic rings. The third-order valence-corrected chi connectivity index (χ3v) is 6.47. The standard InChI is InChI=1S/C17H19N3O2S2/c21-16(14-9-12-3-1-2-4-13(12)18-14)20-11-24-10-15(20)17(22)19-5-7-23-8-6-19/h1-4,9,15,18H,5-8,10-11H2. The lowest BCUT2D eigenvalue weighted by atomic mass is 10.2. The van der Waals surface area contributed by atoms with Crippen LogP contribution in [0.2, 0.25) is 0 Å². The van der Waals surface area contributed by atoms with Crippen molar-refractivity contribution < 1.29 is 9.59 Å². The third kappa shape index (κ3) is 2.91. The molecule has 24 heavy (non-hydrogen) atoms. The Balaban J connectivity index is 1.55. The van der Waals surface area contributed by atoms with E-state index in [-0.39, 0.29) is 17.9 Å². The van der Waals surface area contributed by atoms with Crippen LogP contribution in [-0.4, -0.2) is 68.9 Å². The maximum absolute atomic E-state index is 12.9. The highest BCUT2D eigenvalue weighted by atomic mass is 32.2. The minimum atomic E-state index is -0.336. The number of thioether (sulfide) groups is 2. The van der Waals surface area contributed by atoms with Crippen LogP contribution in [0.3, 0.4) is 0 Å². The van der Waals surface area contributed by atoms with E-state index in [1.165, 1.54) is 0 Å². The first-order valence-electron chi connectivity index (χ1n) is 8.07. The molecule has 1 aromatic heterocycles. The molecule has 2 aliphatic heterocycles. The molecule has 5 nitrogen and oxygen atoms in total. The molecule has 7 heteroatoms. The van der Waals surface area contributed by atoms with E-state index in [1.54, 1.807) is 16.7 Å². The Hall–Kier alpha value is -1.60. The second-order valence-electron chi connectivity index (χ2n) is 6.00. The number of nitrogens with zero attached hydrogens (tertiary/aromatic N) is 2. The van der Waals surface area contributed by atoms with Crippen LogP contribution in [-0.2, 0) is 4.79 Å². The molecule has 0 spiro atoms. The van der Waals surface area contributed by atoms with Crippen LogP contribution in [0.1, 0.15) is 10.5 Å². The second kappa shape index (κ2) is 6.72. The number of carbonyl (C=O) groups is 2. The van der Waals surface area contributed by atoms with E-state index in [0.717, 1.165) is 35.5 Å². The summed E-state index contributed by atoms with van der Waals surface area (Å²) in [6.45, 7) is 1.58. The van der Waals surface area contributed by atoms with Gasteiger partial charge in [0.05, 0.1) is 5.88 Å². The summed E-state index contributed by atoms with van der Waals surface area (Å²) < 4.78 is 0. The predicted octanol–water partition coefficient (Wildman–Crippen LogP) is 2.26. The van der Waals surface area contributed by atoms with Gasteiger partial charge in [0.2, 0.25) is 5.91 Å². The molecule has 4 rings (SSSR count). The highest BCUT2D eigenvalue weighted by Gasteiger charge is 2.38. The summed E-state index contributed by atoms with van der Waals surface area (Å²) in [6, 6.07) is 9.38. The zero-order valence-corrected chi connectivity index (χ0v) is 14.9. The lowest BCUT2D eigenvalue weighted by Crippen LogP contribution is -2.51. The molecular weight excluding hydrogens is 342 g/mol. The Morgan fingerprint density at radius 1 is 1.12 bits per heavy atom. The topological polar surface area (TPSA) is 56.4 Å². The van der Waals surface area contributed by atoms with Crippen LogP contribution in [0.5, 0.6) is 0 Å². The van der Waals surface area contributed by atoms with Crippen LogP contribution in [0.15, 0.2) is 30.3 Å². The van der Waals surface area contributed by atoms with Crippen LogP contribution in [0, 0.1) is 0 Å². The number of aromatic nitrogens is 1. The van der Waals surface area contributed by atoms with Crippen LogP contribution >= 0.6 is 23.5 Å².